The Balaban J connectivity index is 3.88. The quantitative estimate of drug-likeness (QED) is 0.0271. The van der Waals surface area contributed by atoms with Gasteiger partial charge in [0.25, 0.3) is 0 Å². The second-order valence-corrected chi connectivity index (χ2v) is 16.7. The minimum Gasteiger partial charge on any atom is -0.457 e. The maximum absolute atomic E-state index is 12.5. The molecule has 0 bridgehead atoms. The van der Waals surface area contributed by atoms with E-state index in [1.165, 1.54) is 148 Å². The molecule has 0 aromatic heterocycles. The molecule has 55 heavy (non-hydrogen) atoms. The first kappa shape index (κ1) is 53.7. The molecule has 2 atom stereocenters. The van der Waals surface area contributed by atoms with Crippen molar-refractivity contribution in [2.45, 2.75) is 219 Å². The number of ether oxygens (including phenoxy) is 2. The second-order valence-electron chi connectivity index (χ2n) is 15.3. The van der Waals surface area contributed by atoms with E-state index in [1.54, 1.807) is 0 Å². The Morgan fingerprint density at radius 1 is 0.545 bits per heavy atom. The van der Waals surface area contributed by atoms with Crippen molar-refractivity contribution in [1.82, 2.24) is 0 Å². The van der Waals surface area contributed by atoms with Crippen LogP contribution in [0.2, 0.25) is 0 Å². The number of carbonyl (C=O) groups is 1. The zero-order chi connectivity index (χ0) is 40.2. The van der Waals surface area contributed by atoms with Crippen molar-refractivity contribution in [2.75, 3.05) is 33.0 Å². The molecule has 0 rings (SSSR count). The Bertz CT molecular complexity index is 941. The van der Waals surface area contributed by atoms with Crippen LogP contribution < -0.4 is 5.73 Å². The summed E-state index contributed by atoms with van der Waals surface area (Å²) in [6.45, 7) is 4.91. The van der Waals surface area contributed by atoms with Crippen LogP contribution in [0.15, 0.2) is 36.5 Å². The molecule has 0 aromatic rings. The van der Waals surface area contributed by atoms with Crippen molar-refractivity contribution in [3.8, 4) is 0 Å². The molecule has 0 heterocycles. The third-order valence-electron chi connectivity index (χ3n) is 9.81. The molecule has 0 aromatic carbocycles. The molecule has 0 aliphatic heterocycles. The van der Waals surface area contributed by atoms with Gasteiger partial charge in [-0.15, -0.1) is 0 Å². The van der Waals surface area contributed by atoms with E-state index in [2.05, 4.69) is 50.3 Å². The summed E-state index contributed by atoms with van der Waals surface area (Å²) >= 11 is 0. The standard InChI is InChI=1S/C46H88NO7P/c1-3-5-7-9-11-13-15-16-17-18-19-20-21-22-23-24-25-26-27-28-29-30-32-34-36-38-41-51-43-45(44-53-55(49,50)52-42-40-47)54-46(48)39-37-35-33-31-14-12-10-8-6-4-2/h15-16,18-19,21-22,45H,3-14,17,20,23-44,47H2,1-2H3,(H,49,50)/b16-15-,19-18-,22-21-. The van der Waals surface area contributed by atoms with Gasteiger partial charge in [0, 0.05) is 19.6 Å². The molecule has 0 saturated heterocycles. The topological polar surface area (TPSA) is 117 Å². The van der Waals surface area contributed by atoms with Gasteiger partial charge in [0.15, 0.2) is 0 Å². The number of phosphoric acid groups is 1. The summed E-state index contributed by atoms with van der Waals surface area (Å²) in [6, 6.07) is 0. The molecule has 0 radical (unpaired) electrons. The van der Waals surface area contributed by atoms with E-state index in [1.807, 2.05) is 0 Å². The van der Waals surface area contributed by atoms with Crippen LogP contribution in [0.4, 0.5) is 0 Å². The number of esters is 1. The number of rotatable bonds is 44. The molecule has 0 amide bonds. The first-order valence-corrected chi connectivity index (χ1v) is 24.5. The monoisotopic (exact) mass is 798 g/mol. The third kappa shape index (κ3) is 43.7. The van der Waals surface area contributed by atoms with Crippen LogP contribution in [-0.2, 0) is 27.9 Å². The SMILES string of the molecule is CCCCCCC/C=C\C/C=C\C/C=C\CCCCCCCCCCCCCOCC(COP(=O)(O)OCCN)OC(=O)CCCCCCCCCCCC. The number of carbonyl (C=O) groups excluding carboxylic acids is 1. The average Bonchev–Trinajstić information content (AvgIpc) is 3.17. The van der Waals surface area contributed by atoms with Crippen molar-refractivity contribution in [1.29, 1.82) is 0 Å². The van der Waals surface area contributed by atoms with Gasteiger partial charge in [0.2, 0.25) is 0 Å². The number of hydrogen-bond acceptors (Lipinski definition) is 7. The van der Waals surface area contributed by atoms with E-state index in [0.717, 1.165) is 44.9 Å². The molecule has 3 N–H and O–H groups in total. The molecule has 2 unspecified atom stereocenters. The van der Waals surface area contributed by atoms with Gasteiger partial charge in [-0.25, -0.2) is 4.57 Å². The molecule has 0 aliphatic rings. The third-order valence-corrected chi connectivity index (χ3v) is 10.8. The minimum absolute atomic E-state index is 0.0949. The molecular weight excluding hydrogens is 709 g/mol. The van der Waals surface area contributed by atoms with Gasteiger partial charge in [-0.2, -0.15) is 0 Å². The molecule has 0 aliphatic carbocycles. The summed E-state index contributed by atoms with van der Waals surface area (Å²) < 4.78 is 33.4. The summed E-state index contributed by atoms with van der Waals surface area (Å²) in [6.07, 6.45) is 50.3. The van der Waals surface area contributed by atoms with Crippen molar-refractivity contribution in [3.05, 3.63) is 36.5 Å². The lowest BCUT2D eigenvalue weighted by atomic mass is 10.1. The van der Waals surface area contributed by atoms with Crippen LogP contribution in [0.25, 0.3) is 0 Å². The zero-order valence-electron chi connectivity index (χ0n) is 35.9. The summed E-state index contributed by atoms with van der Waals surface area (Å²) in [5.41, 5.74) is 5.36. The van der Waals surface area contributed by atoms with Crippen LogP contribution in [0, 0.1) is 0 Å². The molecule has 0 fully saturated rings. The summed E-state index contributed by atoms with van der Waals surface area (Å²) in [5.74, 6) is -0.332. The van der Waals surface area contributed by atoms with Crippen LogP contribution in [0.3, 0.4) is 0 Å². The van der Waals surface area contributed by atoms with Crippen LogP contribution in [0.1, 0.15) is 213 Å². The lowest BCUT2D eigenvalue weighted by molar-refractivity contribution is -0.154. The number of allylic oxidation sites excluding steroid dienone is 6. The lowest BCUT2D eigenvalue weighted by Crippen LogP contribution is -2.28. The van der Waals surface area contributed by atoms with Crippen molar-refractivity contribution >= 4 is 13.8 Å². The number of hydrogen-bond donors (Lipinski definition) is 2. The molecule has 0 saturated carbocycles. The summed E-state index contributed by atoms with van der Waals surface area (Å²) in [4.78, 5) is 22.4. The van der Waals surface area contributed by atoms with Crippen molar-refractivity contribution < 1.29 is 32.8 Å². The Kier molecular flexibility index (Phi) is 42.8. The molecule has 9 heteroatoms. The molecular formula is C46H88NO7P. The highest BCUT2D eigenvalue weighted by Gasteiger charge is 2.25. The van der Waals surface area contributed by atoms with Gasteiger partial charge >= 0.3 is 13.8 Å². The predicted octanol–water partition coefficient (Wildman–Crippen LogP) is 13.8. The highest BCUT2D eigenvalue weighted by molar-refractivity contribution is 7.47. The van der Waals surface area contributed by atoms with E-state index in [9.17, 15) is 14.3 Å². The van der Waals surface area contributed by atoms with E-state index in [0.29, 0.717) is 13.0 Å². The predicted molar refractivity (Wildman–Crippen MR) is 233 cm³/mol. The normalized spacial score (nSPS) is 13.7. The maximum Gasteiger partial charge on any atom is 0.472 e. The van der Waals surface area contributed by atoms with Gasteiger partial charge in [-0.05, 0) is 51.4 Å². The number of unbranched alkanes of at least 4 members (excludes halogenated alkanes) is 25. The molecule has 0 spiro atoms. The highest BCUT2D eigenvalue weighted by Crippen LogP contribution is 2.43. The maximum atomic E-state index is 12.5. The molecule has 8 nitrogen and oxygen atoms in total. The van der Waals surface area contributed by atoms with Gasteiger partial charge < -0.3 is 20.1 Å². The van der Waals surface area contributed by atoms with Crippen molar-refractivity contribution in [2.24, 2.45) is 5.73 Å². The van der Waals surface area contributed by atoms with Crippen molar-refractivity contribution in [3.63, 3.8) is 0 Å². The van der Waals surface area contributed by atoms with E-state index in [4.69, 9.17) is 24.3 Å². The minimum atomic E-state index is -4.27. The van der Waals surface area contributed by atoms with Gasteiger partial charge in [-0.1, -0.05) is 192 Å². The molecule has 324 valence electrons. The Labute approximate surface area is 339 Å². The fraction of sp³-hybridized carbons (Fsp3) is 0.848. The Hall–Kier alpha value is -1.28. The highest BCUT2D eigenvalue weighted by atomic mass is 31.2. The van der Waals surface area contributed by atoms with E-state index in [-0.39, 0.29) is 32.3 Å². The van der Waals surface area contributed by atoms with E-state index >= 15 is 0 Å². The Morgan fingerprint density at radius 3 is 1.44 bits per heavy atom. The van der Waals surface area contributed by atoms with E-state index < -0.39 is 13.9 Å². The largest absolute Gasteiger partial charge is 0.472 e. The van der Waals surface area contributed by atoms with Gasteiger partial charge in [-0.3, -0.25) is 13.8 Å². The van der Waals surface area contributed by atoms with Crippen LogP contribution in [0.5, 0.6) is 0 Å². The van der Waals surface area contributed by atoms with Gasteiger partial charge in [0.05, 0.1) is 19.8 Å². The average molecular weight is 798 g/mol. The zero-order valence-corrected chi connectivity index (χ0v) is 36.8. The lowest BCUT2D eigenvalue weighted by Gasteiger charge is -2.20. The fourth-order valence-electron chi connectivity index (χ4n) is 6.42. The number of nitrogens with two attached hydrogens (primary N) is 1. The second kappa shape index (κ2) is 43.8. The van der Waals surface area contributed by atoms with Crippen LogP contribution >= 0.6 is 7.82 Å². The Morgan fingerprint density at radius 2 is 0.964 bits per heavy atom. The van der Waals surface area contributed by atoms with Crippen LogP contribution in [-0.4, -0.2) is 49.9 Å². The number of phosphoric ester groups is 1. The smallest absolute Gasteiger partial charge is 0.457 e. The summed E-state index contributed by atoms with van der Waals surface area (Å²) in [7, 11) is -4.27. The first-order valence-electron chi connectivity index (χ1n) is 23.0. The first-order chi connectivity index (χ1) is 26.9. The summed E-state index contributed by atoms with van der Waals surface area (Å²) in [5, 5.41) is 0. The fourth-order valence-corrected chi connectivity index (χ4v) is 7.18. The van der Waals surface area contributed by atoms with Gasteiger partial charge in [0.1, 0.15) is 6.10 Å².